The minimum Gasteiger partial charge on any atom is -0.478 e. The third-order valence-electron chi connectivity index (χ3n) is 3.22. The van der Waals surface area contributed by atoms with Crippen LogP contribution in [0.4, 0.5) is 0 Å². The van der Waals surface area contributed by atoms with Crippen LogP contribution in [-0.4, -0.2) is 22.2 Å². The lowest BCUT2D eigenvalue weighted by molar-refractivity contribution is -0.132. The van der Waals surface area contributed by atoms with Gasteiger partial charge in [0.15, 0.2) is 0 Å². The molecule has 0 aliphatic rings. The predicted octanol–water partition coefficient (Wildman–Crippen LogP) is 3.59. The quantitative estimate of drug-likeness (QED) is 0.663. The fourth-order valence-electron chi connectivity index (χ4n) is 2.06. The maximum atomic E-state index is 10.7. The number of aliphatic carboxylic acids is 2. The minimum absolute atomic E-state index is 0.628. The predicted molar refractivity (Wildman–Crippen MR) is 96.9 cm³/mol. The lowest BCUT2D eigenvalue weighted by Crippen LogP contribution is -1.89. The van der Waals surface area contributed by atoms with E-state index in [9.17, 15) is 9.59 Å². The van der Waals surface area contributed by atoms with Crippen LogP contribution in [0.15, 0.2) is 54.6 Å². The summed E-state index contributed by atoms with van der Waals surface area (Å²) >= 11 is 0. The summed E-state index contributed by atoms with van der Waals surface area (Å²) in [7, 11) is 0. The van der Waals surface area contributed by atoms with E-state index < -0.39 is 11.9 Å². The van der Waals surface area contributed by atoms with E-state index in [4.69, 9.17) is 10.2 Å². The molecule has 0 bridgehead atoms. The van der Waals surface area contributed by atoms with Gasteiger partial charge in [-0.3, -0.25) is 0 Å². The summed E-state index contributed by atoms with van der Waals surface area (Å²) < 4.78 is 0. The Hall–Kier alpha value is -3.58. The molecular formula is C21H16O4. The first-order chi connectivity index (χ1) is 11.9. The number of hydrogen-bond donors (Lipinski definition) is 2. The number of carbonyl (C=O) groups is 2. The molecule has 2 rings (SSSR count). The maximum Gasteiger partial charge on any atom is 0.328 e. The highest BCUT2D eigenvalue weighted by Gasteiger charge is 1.98. The van der Waals surface area contributed by atoms with E-state index in [0.717, 1.165) is 23.3 Å². The molecule has 0 unspecified atom stereocenters. The Balaban J connectivity index is 2.40. The minimum atomic E-state index is -1.06. The number of carboxylic acids is 2. The molecule has 0 aliphatic heterocycles. The second kappa shape index (κ2) is 8.32. The SMILES string of the molecule is Cc1ccc(C#Cc2cc(C=CC(=O)O)cc(C=CC(=O)O)c2)cc1. The summed E-state index contributed by atoms with van der Waals surface area (Å²) in [6, 6.07) is 13.0. The molecular weight excluding hydrogens is 316 g/mol. The van der Waals surface area contributed by atoms with E-state index in [1.54, 1.807) is 18.2 Å². The smallest absolute Gasteiger partial charge is 0.328 e. The molecule has 0 aliphatic carbocycles. The molecule has 0 saturated carbocycles. The van der Waals surface area contributed by atoms with Crippen molar-refractivity contribution in [3.05, 3.63) is 82.4 Å². The van der Waals surface area contributed by atoms with Crippen molar-refractivity contribution in [3.8, 4) is 11.8 Å². The van der Waals surface area contributed by atoms with Gasteiger partial charge in [0.1, 0.15) is 0 Å². The second-order valence-corrected chi connectivity index (χ2v) is 5.35. The third kappa shape index (κ3) is 6.20. The monoisotopic (exact) mass is 332 g/mol. The molecule has 0 spiro atoms. The van der Waals surface area contributed by atoms with Gasteiger partial charge < -0.3 is 10.2 Å². The summed E-state index contributed by atoms with van der Waals surface area (Å²) in [5.74, 6) is 3.95. The van der Waals surface area contributed by atoms with Crippen LogP contribution in [0.2, 0.25) is 0 Å². The van der Waals surface area contributed by atoms with Crippen molar-refractivity contribution in [2.75, 3.05) is 0 Å². The number of rotatable bonds is 4. The van der Waals surface area contributed by atoms with Crippen LogP contribution >= 0.6 is 0 Å². The van der Waals surface area contributed by atoms with Gasteiger partial charge in [0.05, 0.1) is 0 Å². The van der Waals surface area contributed by atoms with Crippen molar-refractivity contribution in [2.24, 2.45) is 0 Å². The van der Waals surface area contributed by atoms with Crippen molar-refractivity contribution in [2.45, 2.75) is 6.92 Å². The number of benzene rings is 2. The summed E-state index contributed by atoms with van der Waals surface area (Å²) in [5.41, 5.74) is 3.93. The summed E-state index contributed by atoms with van der Waals surface area (Å²) in [6.45, 7) is 2.00. The third-order valence-corrected chi connectivity index (χ3v) is 3.22. The van der Waals surface area contributed by atoms with E-state index in [2.05, 4.69) is 11.8 Å². The fraction of sp³-hybridized carbons (Fsp3) is 0.0476. The molecule has 0 aromatic heterocycles. The number of carboxylic acid groups (broad SMARTS) is 2. The van der Waals surface area contributed by atoms with Gasteiger partial charge in [0.2, 0.25) is 0 Å². The molecule has 124 valence electrons. The molecule has 4 heteroatoms. The largest absolute Gasteiger partial charge is 0.478 e. The zero-order valence-electron chi connectivity index (χ0n) is 13.6. The van der Waals surface area contributed by atoms with Crippen LogP contribution in [0, 0.1) is 18.8 Å². The second-order valence-electron chi connectivity index (χ2n) is 5.35. The molecule has 0 saturated heterocycles. The van der Waals surface area contributed by atoms with Gasteiger partial charge in [-0.15, -0.1) is 0 Å². The van der Waals surface area contributed by atoms with Crippen LogP contribution in [0.25, 0.3) is 12.2 Å². The van der Waals surface area contributed by atoms with Gasteiger partial charge in [-0.05, 0) is 60.5 Å². The fourth-order valence-corrected chi connectivity index (χ4v) is 2.06. The van der Waals surface area contributed by atoms with Crippen molar-refractivity contribution >= 4 is 24.1 Å². The highest BCUT2D eigenvalue weighted by Crippen LogP contribution is 2.13. The Morgan fingerprint density at radius 1 is 0.800 bits per heavy atom. The maximum absolute atomic E-state index is 10.7. The van der Waals surface area contributed by atoms with Crippen LogP contribution in [0.5, 0.6) is 0 Å². The zero-order valence-corrected chi connectivity index (χ0v) is 13.6. The molecule has 2 N–H and O–H groups in total. The average Bonchev–Trinajstić information content (AvgIpc) is 2.57. The molecule has 2 aromatic carbocycles. The first-order valence-corrected chi connectivity index (χ1v) is 7.48. The van der Waals surface area contributed by atoms with E-state index in [1.165, 1.54) is 12.2 Å². The average molecular weight is 332 g/mol. The van der Waals surface area contributed by atoms with Crippen LogP contribution in [0.3, 0.4) is 0 Å². The Kier molecular flexibility index (Phi) is 5.92. The first-order valence-electron chi connectivity index (χ1n) is 7.48. The molecule has 4 nitrogen and oxygen atoms in total. The van der Waals surface area contributed by atoms with Crippen LogP contribution in [-0.2, 0) is 9.59 Å². The van der Waals surface area contributed by atoms with Gasteiger partial charge in [-0.2, -0.15) is 0 Å². The van der Waals surface area contributed by atoms with Crippen molar-refractivity contribution in [3.63, 3.8) is 0 Å². The molecule has 0 atom stereocenters. The van der Waals surface area contributed by atoms with E-state index in [1.807, 2.05) is 31.2 Å². The topological polar surface area (TPSA) is 74.6 Å². The molecule has 0 heterocycles. The Labute approximate surface area is 145 Å². The van der Waals surface area contributed by atoms with Gasteiger partial charge in [-0.25, -0.2) is 9.59 Å². The van der Waals surface area contributed by atoms with Crippen molar-refractivity contribution < 1.29 is 19.8 Å². The van der Waals surface area contributed by atoms with Crippen LogP contribution < -0.4 is 0 Å². The first kappa shape index (κ1) is 17.8. The molecule has 0 fully saturated rings. The van der Waals surface area contributed by atoms with E-state index in [0.29, 0.717) is 16.7 Å². The normalized spacial score (nSPS) is 10.6. The highest BCUT2D eigenvalue weighted by atomic mass is 16.4. The number of aryl methyl sites for hydroxylation is 1. The molecule has 25 heavy (non-hydrogen) atoms. The van der Waals surface area contributed by atoms with Gasteiger partial charge >= 0.3 is 11.9 Å². The standard InChI is InChI=1S/C21H16O4/c1-15-2-4-16(5-3-15)6-7-17-12-18(8-10-20(22)23)14-19(13-17)9-11-21(24)25/h2-5,8-14H,1H3,(H,22,23)(H,24,25). The Morgan fingerprint density at radius 3 is 1.76 bits per heavy atom. The lowest BCUT2D eigenvalue weighted by Gasteiger charge is -2.00. The zero-order chi connectivity index (χ0) is 18.2. The van der Waals surface area contributed by atoms with Crippen molar-refractivity contribution in [1.82, 2.24) is 0 Å². The van der Waals surface area contributed by atoms with Gasteiger partial charge in [0, 0.05) is 23.3 Å². The van der Waals surface area contributed by atoms with E-state index in [-0.39, 0.29) is 0 Å². The lowest BCUT2D eigenvalue weighted by atomic mass is 10.0. The van der Waals surface area contributed by atoms with Gasteiger partial charge in [-0.1, -0.05) is 29.5 Å². The summed E-state index contributed by atoms with van der Waals surface area (Å²) in [6.07, 6.45) is 4.93. The highest BCUT2D eigenvalue weighted by molar-refractivity contribution is 5.87. The van der Waals surface area contributed by atoms with E-state index >= 15 is 0 Å². The Bertz CT molecular complexity index is 865. The summed E-state index contributed by atoms with van der Waals surface area (Å²) in [5, 5.41) is 17.5. The Morgan fingerprint density at radius 2 is 1.28 bits per heavy atom. The molecule has 2 aromatic rings. The van der Waals surface area contributed by atoms with Crippen LogP contribution in [0.1, 0.15) is 27.8 Å². The summed E-state index contributed by atoms with van der Waals surface area (Å²) in [4.78, 5) is 21.4. The molecule has 0 radical (unpaired) electrons. The molecule has 0 amide bonds. The van der Waals surface area contributed by atoms with Gasteiger partial charge in [0.25, 0.3) is 0 Å². The van der Waals surface area contributed by atoms with Crippen molar-refractivity contribution in [1.29, 1.82) is 0 Å². The number of hydrogen-bond acceptors (Lipinski definition) is 2.